The number of aromatic nitrogens is 1. The zero-order chi connectivity index (χ0) is 35.8. The molecule has 0 saturated carbocycles. The van der Waals surface area contributed by atoms with E-state index in [1.165, 1.54) is 72.0 Å². The van der Waals surface area contributed by atoms with Gasteiger partial charge in [0.05, 0.1) is 11.2 Å². The van der Waals surface area contributed by atoms with E-state index in [-0.39, 0.29) is 0 Å². The fourth-order valence-electron chi connectivity index (χ4n) is 8.30. The Morgan fingerprint density at radius 2 is 0.926 bits per heavy atom. The average Bonchev–Trinajstić information content (AvgIpc) is 3.57. The molecule has 0 radical (unpaired) electrons. The molecule has 0 atom stereocenters. The normalized spacial score (nSPS) is 12.2. The van der Waals surface area contributed by atoms with Gasteiger partial charge in [0.2, 0.25) is 0 Å². The first-order valence-corrected chi connectivity index (χ1v) is 18.8. The number of benzene rings is 8. The Bertz CT molecular complexity index is 2790. The molecule has 0 fully saturated rings. The van der Waals surface area contributed by atoms with Crippen LogP contribution < -0.4 is 4.90 Å². The van der Waals surface area contributed by atoms with E-state index in [4.69, 9.17) is 0 Å². The predicted molar refractivity (Wildman–Crippen MR) is 229 cm³/mol. The number of allylic oxidation sites excluding steroid dienone is 1. The van der Waals surface area contributed by atoms with E-state index < -0.39 is 0 Å². The molecule has 1 aliphatic rings. The van der Waals surface area contributed by atoms with E-state index in [0.29, 0.717) is 0 Å². The molecule has 10 rings (SSSR count). The van der Waals surface area contributed by atoms with E-state index in [1.807, 2.05) is 0 Å². The second kappa shape index (κ2) is 13.6. The van der Waals surface area contributed by atoms with Gasteiger partial charge in [0.15, 0.2) is 0 Å². The molecule has 9 aromatic rings. The number of fused-ring (bicyclic) bond motifs is 4. The van der Waals surface area contributed by atoms with Crippen molar-refractivity contribution in [3.63, 3.8) is 0 Å². The maximum atomic E-state index is 2.53. The van der Waals surface area contributed by atoms with E-state index in [0.717, 1.165) is 29.9 Å². The molecule has 0 N–H and O–H groups in total. The van der Waals surface area contributed by atoms with Gasteiger partial charge < -0.3 is 9.47 Å². The number of hydrogen-bond acceptors (Lipinski definition) is 1. The van der Waals surface area contributed by atoms with Crippen LogP contribution in [0.25, 0.3) is 66.8 Å². The molecular weight excluding hydrogens is 653 g/mol. The van der Waals surface area contributed by atoms with Crippen LogP contribution in [0.2, 0.25) is 0 Å². The summed E-state index contributed by atoms with van der Waals surface area (Å²) in [6.07, 6.45) is 6.72. The van der Waals surface area contributed by atoms with Crippen LogP contribution in [0.15, 0.2) is 200 Å². The van der Waals surface area contributed by atoms with E-state index >= 15 is 0 Å². The van der Waals surface area contributed by atoms with E-state index in [1.54, 1.807) is 0 Å². The van der Waals surface area contributed by atoms with Crippen molar-refractivity contribution in [2.45, 2.75) is 12.8 Å². The summed E-state index contributed by atoms with van der Waals surface area (Å²) in [5.74, 6) is 0. The minimum absolute atomic E-state index is 1.02. The molecule has 0 spiro atoms. The third-order valence-corrected chi connectivity index (χ3v) is 10.9. The van der Waals surface area contributed by atoms with Gasteiger partial charge >= 0.3 is 0 Å². The lowest BCUT2D eigenvalue weighted by atomic mass is 9.94. The second-order valence-electron chi connectivity index (χ2n) is 14.0. The van der Waals surface area contributed by atoms with Gasteiger partial charge in [0.25, 0.3) is 0 Å². The van der Waals surface area contributed by atoms with Crippen LogP contribution in [-0.2, 0) is 6.42 Å². The van der Waals surface area contributed by atoms with Crippen molar-refractivity contribution in [2.75, 3.05) is 4.90 Å². The Morgan fingerprint density at radius 1 is 0.426 bits per heavy atom. The van der Waals surface area contributed by atoms with Gasteiger partial charge in [-0.15, -0.1) is 0 Å². The molecule has 8 aromatic carbocycles. The van der Waals surface area contributed by atoms with Crippen molar-refractivity contribution >= 4 is 44.8 Å². The molecule has 0 saturated heterocycles. The lowest BCUT2D eigenvalue weighted by Crippen LogP contribution is -2.09. The Balaban J connectivity index is 1.04. The molecule has 0 aliphatic heterocycles. The minimum atomic E-state index is 1.02. The fraction of sp³-hybridized carbons (Fsp3) is 0.0385. The maximum Gasteiger partial charge on any atom is 0.0544 e. The Labute approximate surface area is 316 Å². The highest BCUT2D eigenvalue weighted by molar-refractivity contribution is 6.03. The molecule has 0 bridgehead atoms. The Hall–Kier alpha value is -6.90. The molecule has 1 aliphatic carbocycles. The van der Waals surface area contributed by atoms with Gasteiger partial charge in [-0.05, 0) is 106 Å². The van der Waals surface area contributed by atoms with Gasteiger partial charge in [0, 0.05) is 39.3 Å². The molecule has 1 heterocycles. The average molecular weight is 691 g/mol. The molecule has 0 unspecified atom stereocenters. The van der Waals surface area contributed by atoms with Crippen molar-refractivity contribution in [1.29, 1.82) is 0 Å². The third kappa shape index (κ3) is 5.60. The highest BCUT2D eigenvalue weighted by atomic mass is 15.1. The van der Waals surface area contributed by atoms with Crippen LogP contribution in [0, 0.1) is 0 Å². The summed E-state index contributed by atoms with van der Waals surface area (Å²) >= 11 is 0. The minimum Gasteiger partial charge on any atom is -0.312 e. The maximum absolute atomic E-state index is 2.53. The fourth-order valence-corrected chi connectivity index (χ4v) is 8.30. The lowest BCUT2D eigenvalue weighted by Gasteiger charge is -2.26. The zero-order valence-corrected chi connectivity index (χ0v) is 29.9. The summed E-state index contributed by atoms with van der Waals surface area (Å²) in [5, 5.41) is 3.86. The summed E-state index contributed by atoms with van der Waals surface area (Å²) in [5.41, 5.74) is 15.9. The summed E-state index contributed by atoms with van der Waals surface area (Å²) in [6, 6.07) is 70.4. The molecule has 256 valence electrons. The van der Waals surface area contributed by atoms with Gasteiger partial charge in [-0.3, -0.25) is 0 Å². The standard InChI is InChI=1S/C52H38N2/c1-3-15-37(16-4-1)45-21-9-10-22-46(45)38-27-31-43(32-28-38)53(42-19-5-2-6-20-42)44-33-29-39(30-34-44)47-23-11-13-25-50(47)54-51-26-14-12-24-48(51)49-35-40-17-7-8-18-41(40)36-52(49)54/h1-13,15-25,27-36H,14,26H2. The van der Waals surface area contributed by atoms with Crippen molar-refractivity contribution in [2.24, 2.45) is 0 Å². The number of hydrogen-bond donors (Lipinski definition) is 0. The number of rotatable bonds is 7. The van der Waals surface area contributed by atoms with Gasteiger partial charge in [-0.1, -0.05) is 152 Å². The molecule has 2 heteroatoms. The molecule has 54 heavy (non-hydrogen) atoms. The third-order valence-electron chi connectivity index (χ3n) is 10.9. The quantitative estimate of drug-likeness (QED) is 0.162. The topological polar surface area (TPSA) is 8.17 Å². The highest BCUT2D eigenvalue weighted by Gasteiger charge is 2.21. The van der Waals surface area contributed by atoms with Crippen LogP contribution in [0.5, 0.6) is 0 Å². The van der Waals surface area contributed by atoms with Crippen LogP contribution in [-0.4, -0.2) is 4.57 Å². The smallest absolute Gasteiger partial charge is 0.0544 e. The first-order chi connectivity index (χ1) is 26.8. The number of nitrogens with zero attached hydrogens (tertiary/aromatic N) is 2. The van der Waals surface area contributed by atoms with Gasteiger partial charge in [-0.25, -0.2) is 0 Å². The van der Waals surface area contributed by atoms with Gasteiger partial charge in [0.1, 0.15) is 0 Å². The van der Waals surface area contributed by atoms with E-state index in [2.05, 4.69) is 216 Å². The number of anilines is 3. The lowest BCUT2D eigenvalue weighted by molar-refractivity contribution is 0.889. The SMILES string of the molecule is C1=Cc2c(n(-c3ccccc3-c3ccc(N(c4ccccc4)c4ccc(-c5ccccc5-c5ccccc5)cc4)cc3)c3cc4ccccc4cc23)CC1. The highest BCUT2D eigenvalue weighted by Crippen LogP contribution is 2.41. The predicted octanol–water partition coefficient (Wildman–Crippen LogP) is 14.2. The second-order valence-corrected chi connectivity index (χ2v) is 14.0. The van der Waals surface area contributed by atoms with Crippen LogP contribution in [0.3, 0.4) is 0 Å². The summed E-state index contributed by atoms with van der Waals surface area (Å²) < 4.78 is 2.53. The first kappa shape index (κ1) is 31.8. The van der Waals surface area contributed by atoms with Crippen molar-refractivity contribution in [1.82, 2.24) is 4.57 Å². The van der Waals surface area contributed by atoms with Crippen molar-refractivity contribution in [3.05, 3.63) is 211 Å². The largest absolute Gasteiger partial charge is 0.312 e. The Morgan fingerprint density at radius 3 is 1.59 bits per heavy atom. The van der Waals surface area contributed by atoms with Crippen LogP contribution in [0.1, 0.15) is 17.7 Å². The summed E-state index contributed by atoms with van der Waals surface area (Å²) in [4.78, 5) is 2.34. The van der Waals surface area contributed by atoms with Crippen LogP contribution in [0.4, 0.5) is 17.1 Å². The first-order valence-electron chi connectivity index (χ1n) is 18.8. The number of para-hydroxylation sites is 2. The Kier molecular flexibility index (Phi) is 8.00. The van der Waals surface area contributed by atoms with Crippen LogP contribution >= 0.6 is 0 Å². The monoisotopic (exact) mass is 690 g/mol. The molecule has 0 amide bonds. The molecule has 1 aromatic heterocycles. The summed E-state index contributed by atoms with van der Waals surface area (Å²) in [6.45, 7) is 0. The van der Waals surface area contributed by atoms with Gasteiger partial charge in [-0.2, -0.15) is 0 Å². The summed E-state index contributed by atoms with van der Waals surface area (Å²) in [7, 11) is 0. The van der Waals surface area contributed by atoms with Crippen molar-refractivity contribution < 1.29 is 0 Å². The zero-order valence-electron chi connectivity index (χ0n) is 29.9. The van der Waals surface area contributed by atoms with E-state index in [9.17, 15) is 0 Å². The molecule has 2 nitrogen and oxygen atoms in total. The molecular formula is C52H38N2. The van der Waals surface area contributed by atoms with Crippen molar-refractivity contribution in [3.8, 4) is 39.1 Å².